The Hall–Kier alpha value is -4.01. The number of methoxy groups -OCH3 is 1. The number of carbonyl (C=O) groups excluding carboxylic acids is 2. The van der Waals surface area contributed by atoms with Crippen molar-refractivity contribution < 1.29 is 24.0 Å². The molecule has 0 fully saturated rings. The van der Waals surface area contributed by atoms with Crippen molar-refractivity contribution in [2.45, 2.75) is 20.8 Å². The van der Waals surface area contributed by atoms with Gasteiger partial charge in [-0.05, 0) is 66.2 Å². The molecule has 2 aromatic heterocycles. The van der Waals surface area contributed by atoms with Crippen LogP contribution in [0.1, 0.15) is 37.8 Å². The van der Waals surface area contributed by atoms with E-state index in [9.17, 15) is 19.7 Å². The van der Waals surface area contributed by atoms with E-state index in [1.54, 1.807) is 50.2 Å². The molecular weight excluding hydrogens is 402 g/mol. The van der Waals surface area contributed by atoms with Gasteiger partial charge in [-0.15, -0.1) is 0 Å². The molecule has 31 heavy (non-hydrogen) atoms. The largest absolute Gasteiger partial charge is 0.477 e. The molecule has 3 aromatic rings. The van der Waals surface area contributed by atoms with Crippen LogP contribution in [0, 0.1) is 30.9 Å². The standard InChI is InChI=1S/C22H21N3O6/c1-13-5-10-20(21(23-13)25(28)29)31-12-19(26)18-11-14(2)24(15(18)3)17-8-6-16(7-9-17)22(27)30-4/h5-11H,12H2,1-4H3. The van der Waals surface area contributed by atoms with Crippen molar-refractivity contribution >= 4 is 17.6 Å². The number of aryl methyl sites for hydroxylation is 2. The third-order valence-corrected chi connectivity index (χ3v) is 4.79. The van der Waals surface area contributed by atoms with Crippen LogP contribution in [0.25, 0.3) is 5.69 Å². The molecule has 0 aliphatic carbocycles. The zero-order valence-electron chi connectivity index (χ0n) is 17.5. The van der Waals surface area contributed by atoms with E-state index in [1.165, 1.54) is 13.2 Å². The van der Waals surface area contributed by atoms with E-state index in [4.69, 9.17) is 9.47 Å². The predicted molar refractivity (Wildman–Crippen MR) is 112 cm³/mol. The highest BCUT2D eigenvalue weighted by Gasteiger charge is 2.21. The maximum Gasteiger partial charge on any atom is 0.406 e. The van der Waals surface area contributed by atoms with Gasteiger partial charge in [0.2, 0.25) is 11.5 Å². The summed E-state index contributed by atoms with van der Waals surface area (Å²) in [6, 6.07) is 11.6. The molecule has 0 N–H and O–H groups in total. The van der Waals surface area contributed by atoms with Gasteiger partial charge in [-0.1, -0.05) is 0 Å². The molecule has 0 unspecified atom stereocenters. The first-order valence-electron chi connectivity index (χ1n) is 9.38. The molecule has 0 bridgehead atoms. The van der Waals surface area contributed by atoms with Gasteiger partial charge in [0.25, 0.3) is 0 Å². The fourth-order valence-electron chi connectivity index (χ4n) is 3.30. The zero-order valence-corrected chi connectivity index (χ0v) is 17.5. The summed E-state index contributed by atoms with van der Waals surface area (Å²) in [5.74, 6) is -1.24. The number of benzene rings is 1. The van der Waals surface area contributed by atoms with E-state index in [0.29, 0.717) is 22.5 Å². The minimum atomic E-state index is -0.642. The summed E-state index contributed by atoms with van der Waals surface area (Å²) in [4.78, 5) is 38.8. The Kier molecular flexibility index (Phi) is 6.15. The number of aromatic nitrogens is 2. The molecule has 0 amide bonds. The molecule has 9 nitrogen and oxygen atoms in total. The van der Waals surface area contributed by atoms with Crippen LogP contribution in [-0.4, -0.2) is 39.9 Å². The van der Waals surface area contributed by atoms with Crippen molar-refractivity contribution in [3.05, 3.63) is 80.8 Å². The van der Waals surface area contributed by atoms with Crippen LogP contribution in [0.3, 0.4) is 0 Å². The zero-order chi connectivity index (χ0) is 22.7. The van der Waals surface area contributed by atoms with Crippen molar-refractivity contribution in [2.75, 3.05) is 13.7 Å². The Morgan fingerprint density at radius 2 is 1.77 bits per heavy atom. The van der Waals surface area contributed by atoms with Crippen LogP contribution in [0.2, 0.25) is 0 Å². The SMILES string of the molecule is COC(=O)c1ccc(-n2c(C)cc(C(=O)COc3ccc(C)nc3[N+](=O)[O-])c2C)cc1. The maximum atomic E-state index is 12.8. The highest BCUT2D eigenvalue weighted by Crippen LogP contribution is 2.26. The van der Waals surface area contributed by atoms with E-state index in [0.717, 1.165) is 11.4 Å². The third-order valence-electron chi connectivity index (χ3n) is 4.79. The van der Waals surface area contributed by atoms with Gasteiger partial charge < -0.3 is 24.2 Å². The van der Waals surface area contributed by atoms with Gasteiger partial charge >= 0.3 is 11.8 Å². The number of Topliss-reactive ketones (excluding diaryl/α,β-unsaturated/α-hetero) is 1. The number of pyridine rings is 1. The highest BCUT2D eigenvalue weighted by molar-refractivity contribution is 5.99. The normalized spacial score (nSPS) is 10.6. The number of hydrogen-bond acceptors (Lipinski definition) is 7. The first-order chi connectivity index (χ1) is 14.7. The molecule has 0 aliphatic rings. The van der Waals surface area contributed by atoms with Crippen LogP contribution in [-0.2, 0) is 4.74 Å². The fourth-order valence-corrected chi connectivity index (χ4v) is 3.30. The molecular formula is C22H21N3O6. The number of nitrogens with zero attached hydrogens (tertiary/aromatic N) is 3. The summed E-state index contributed by atoms with van der Waals surface area (Å²) in [6.45, 7) is 4.92. The van der Waals surface area contributed by atoms with E-state index in [-0.39, 0.29) is 18.1 Å². The second kappa shape index (κ2) is 8.78. The van der Waals surface area contributed by atoms with Gasteiger partial charge in [-0.2, -0.15) is 0 Å². The molecule has 3 rings (SSSR count). The summed E-state index contributed by atoms with van der Waals surface area (Å²) in [6.07, 6.45) is 0. The number of carbonyl (C=O) groups is 2. The minimum Gasteiger partial charge on any atom is -0.477 e. The van der Waals surface area contributed by atoms with Crippen molar-refractivity contribution in [3.8, 4) is 11.4 Å². The number of esters is 1. The van der Waals surface area contributed by atoms with Gasteiger partial charge in [0.15, 0.2) is 6.61 Å². The van der Waals surface area contributed by atoms with Gasteiger partial charge in [-0.25, -0.2) is 4.79 Å². The van der Waals surface area contributed by atoms with Crippen LogP contribution in [0.5, 0.6) is 5.75 Å². The lowest BCUT2D eigenvalue weighted by atomic mass is 10.1. The number of ketones is 1. The molecule has 0 saturated carbocycles. The lowest BCUT2D eigenvalue weighted by Gasteiger charge is -2.11. The second-order valence-electron chi connectivity index (χ2n) is 6.90. The number of ether oxygens (including phenoxy) is 2. The van der Waals surface area contributed by atoms with Crippen molar-refractivity contribution in [1.82, 2.24) is 9.55 Å². The van der Waals surface area contributed by atoms with E-state index in [2.05, 4.69) is 4.98 Å². The van der Waals surface area contributed by atoms with Crippen molar-refractivity contribution in [3.63, 3.8) is 0 Å². The Labute approximate surface area is 178 Å². The Bertz CT molecular complexity index is 1160. The van der Waals surface area contributed by atoms with Crippen LogP contribution in [0.4, 0.5) is 5.82 Å². The first-order valence-corrected chi connectivity index (χ1v) is 9.38. The monoisotopic (exact) mass is 423 g/mol. The molecule has 0 aliphatic heterocycles. The van der Waals surface area contributed by atoms with Crippen molar-refractivity contribution in [2.24, 2.45) is 0 Å². The van der Waals surface area contributed by atoms with E-state index >= 15 is 0 Å². The van der Waals surface area contributed by atoms with Gasteiger partial charge in [0.05, 0.1) is 12.7 Å². The second-order valence-corrected chi connectivity index (χ2v) is 6.90. The summed E-state index contributed by atoms with van der Waals surface area (Å²) in [5.41, 5.74) is 3.63. The fraction of sp³-hybridized carbons (Fsp3) is 0.227. The lowest BCUT2D eigenvalue weighted by molar-refractivity contribution is -0.390. The summed E-state index contributed by atoms with van der Waals surface area (Å²) < 4.78 is 12.0. The predicted octanol–water partition coefficient (Wildman–Crippen LogP) is 3.75. The molecule has 160 valence electrons. The summed E-state index contributed by atoms with van der Waals surface area (Å²) >= 11 is 0. The number of hydrogen-bond donors (Lipinski definition) is 0. The minimum absolute atomic E-state index is 0.0591. The average Bonchev–Trinajstić information content (AvgIpc) is 3.06. The Balaban J connectivity index is 1.83. The lowest BCUT2D eigenvalue weighted by Crippen LogP contribution is -2.14. The summed E-state index contributed by atoms with van der Waals surface area (Å²) in [5, 5.41) is 11.2. The molecule has 0 saturated heterocycles. The molecule has 2 heterocycles. The molecule has 0 atom stereocenters. The third kappa shape index (κ3) is 4.45. The molecule has 9 heteroatoms. The van der Waals surface area contributed by atoms with Crippen LogP contribution in [0.15, 0.2) is 42.5 Å². The maximum absolute atomic E-state index is 12.8. The summed E-state index contributed by atoms with van der Waals surface area (Å²) in [7, 11) is 1.32. The van der Waals surface area contributed by atoms with E-state index in [1.807, 2.05) is 11.5 Å². The Morgan fingerprint density at radius 1 is 1.10 bits per heavy atom. The molecule has 0 spiro atoms. The van der Waals surface area contributed by atoms with Crippen LogP contribution >= 0.6 is 0 Å². The highest BCUT2D eigenvalue weighted by atomic mass is 16.6. The van der Waals surface area contributed by atoms with E-state index < -0.39 is 16.7 Å². The first kappa shape index (κ1) is 21.7. The number of rotatable bonds is 7. The topological polar surface area (TPSA) is 114 Å². The quantitative estimate of drug-likeness (QED) is 0.246. The van der Waals surface area contributed by atoms with Crippen molar-refractivity contribution in [1.29, 1.82) is 0 Å². The molecule has 1 aromatic carbocycles. The van der Waals surface area contributed by atoms with Crippen LogP contribution < -0.4 is 4.74 Å². The smallest absolute Gasteiger partial charge is 0.406 e. The Morgan fingerprint density at radius 3 is 2.39 bits per heavy atom. The number of nitro groups is 1. The average molecular weight is 423 g/mol. The molecule has 0 radical (unpaired) electrons. The van der Waals surface area contributed by atoms with Gasteiger partial charge in [-0.3, -0.25) is 4.79 Å². The van der Waals surface area contributed by atoms with Gasteiger partial charge in [0.1, 0.15) is 5.69 Å². The van der Waals surface area contributed by atoms with Gasteiger partial charge in [0, 0.05) is 29.6 Å².